The minimum Gasteiger partial charge on any atom is -0.465 e. The topological polar surface area (TPSA) is 80.3 Å². The van der Waals surface area contributed by atoms with Gasteiger partial charge in [0.15, 0.2) is 5.31 Å². The van der Waals surface area contributed by atoms with Crippen LogP contribution in [-0.4, -0.2) is 36.0 Å². The highest BCUT2D eigenvalue weighted by atomic mass is 35.5. The number of esters is 1. The fourth-order valence-corrected chi connectivity index (χ4v) is 4.08. The second kappa shape index (κ2) is 13.7. The number of thiocarbonyl (C=S) groups is 2. The number of carbonyl (C=O) groups is 1. The Bertz CT molecular complexity index is 624. The molecule has 0 atom stereocenters. The summed E-state index contributed by atoms with van der Waals surface area (Å²) in [7, 11) is -3.45. The van der Waals surface area contributed by atoms with Crippen molar-refractivity contribution in [2.45, 2.75) is 13.8 Å². The van der Waals surface area contributed by atoms with Gasteiger partial charge in [0.05, 0.1) is 20.3 Å². The van der Waals surface area contributed by atoms with Crippen LogP contribution in [0.15, 0.2) is 34.1 Å². The van der Waals surface area contributed by atoms with Gasteiger partial charge in [-0.3, -0.25) is 0 Å². The molecule has 0 saturated carbocycles. The van der Waals surface area contributed by atoms with E-state index in [0.717, 1.165) is 18.2 Å². The predicted molar refractivity (Wildman–Crippen MR) is 107 cm³/mol. The molecule has 0 fully saturated rings. The van der Waals surface area contributed by atoms with E-state index in [1.807, 2.05) is 0 Å². The molecule has 0 aromatic carbocycles. The van der Waals surface area contributed by atoms with E-state index in [1.165, 1.54) is 12.2 Å². The number of hydrogen-bond acceptors (Lipinski definition) is 9. The first kappa shape index (κ1) is 25.5. The van der Waals surface area contributed by atoms with Crippen molar-refractivity contribution >= 4 is 70.9 Å². The van der Waals surface area contributed by atoms with Gasteiger partial charge in [-0.15, -0.1) is 9.35 Å². The number of ether oxygens (including phenoxy) is 1. The Morgan fingerprint density at radius 1 is 1.00 bits per heavy atom. The number of allylic oxidation sites excluding steroid dienone is 3. The Morgan fingerprint density at radius 3 is 1.73 bits per heavy atom. The first-order valence-corrected chi connectivity index (χ1v) is 10.2. The molecule has 26 heavy (non-hydrogen) atoms. The lowest BCUT2D eigenvalue weighted by Gasteiger charge is -2.20. The molecule has 0 aliphatic rings. The number of carbonyl (C=O) groups excluding carboxylic acids is 1. The van der Waals surface area contributed by atoms with Crippen LogP contribution in [0, 0.1) is 0 Å². The molecule has 0 spiro atoms. The lowest BCUT2D eigenvalue weighted by molar-refractivity contribution is -0.261. The molecule has 12 heteroatoms. The zero-order valence-corrected chi connectivity index (χ0v) is 18.1. The van der Waals surface area contributed by atoms with Gasteiger partial charge in [0, 0.05) is 26.4 Å². The molecule has 0 N–H and O–H groups in total. The van der Waals surface area contributed by atoms with E-state index < -0.39 is 18.9 Å². The summed E-state index contributed by atoms with van der Waals surface area (Å²) in [4.78, 5) is 21.7. The molecule has 0 heterocycles. The minimum absolute atomic E-state index is 0.00131. The number of methoxy groups -OCH3 is 1. The lowest BCUT2D eigenvalue weighted by atomic mass is 10.1. The van der Waals surface area contributed by atoms with Crippen LogP contribution >= 0.6 is 55.2 Å². The van der Waals surface area contributed by atoms with E-state index in [1.54, 1.807) is 13.8 Å². The summed E-state index contributed by atoms with van der Waals surface area (Å²) >= 11 is 21.5. The fourth-order valence-electron chi connectivity index (χ4n) is 1.41. The molecule has 0 radical (unpaired) electrons. The van der Waals surface area contributed by atoms with E-state index in [9.17, 15) is 9.36 Å². The lowest BCUT2D eigenvalue weighted by Crippen LogP contribution is -2.18. The zero-order valence-electron chi connectivity index (χ0n) is 14.1. The SMILES string of the molecule is CCOOP(=O)(OOCC)C(C(=O)OC)=C(C(=S)C=CCl)C(=S)C=CCl. The van der Waals surface area contributed by atoms with E-state index in [2.05, 4.69) is 4.74 Å². The molecule has 0 aliphatic heterocycles. The third-order valence-corrected chi connectivity index (χ3v) is 4.84. The third-order valence-electron chi connectivity index (χ3n) is 2.35. The van der Waals surface area contributed by atoms with Crippen molar-refractivity contribution in [3.63, 3.8) is 0 Å². The molecule has 0 unspecified atom stereocenters. The molecule has 0 aliphatic carbocycles. The standard InChI is InChI=1S/C14H17Cl2O7PS2/c1-4-20-22-24(18,23-21-5-2)13(14(17)19-3)12(10(25)6-8-15)11(26)7-9-16/h6-9H,4-5H2,1-3H3. The maximum Gasteiger partial charge on any atom is 0.422 e. The summed E-state index contributed by atoms with van der Waals surface area (Å²) in [5.41, 5.74) is 2.00. The monoisotopic (exact) mass is 462 g/mol. The van der Waals surface area contributed by atoms with E-state index in [-0.39, 0.29) is 28.5 Å². The van der Waals surface area contributed by atoms with Gasteiger partial charge in [0.25, 0.3) is 0 Å². The van der Waals surface area contributed by atoms with Crippen LogP contribution in [-0.2, 0) is 33.2 Å². The Labute approximate surface area is 172 Å². The van der Waals surface area contributed by atoms with Gasteiger partial charge in [0.2, 0.25) is 0 Å². The van der Waals surface area contributed by atoms with Crippen LogP contribution in [0.25, 0.3) is 0 Å². The van der Waals surface area contributed by atoms with Crippen molar-refractivity contribution in [1.82, 2.24) is 0 Å². The summed E-state index contributed by atoms with van der Waals surface area (Å²) in [5, 5.41) is -0.624. The fraction of sp³-hybridized carbons (Fsp3) is 0.357. The average Bonchev–Trinajstić information content (AvgIpc) is 2.62. The Kier molecular flexibility index (Phi) is 13.4. The predicted octanol–water partition coefficient (Wildman–Crippen LogP) is 4.79. The molecule has 0 aromatic heterocycles. The van der Waals surface area contributed by atoms with E-state index in [4.69, 9.17) is 66.8 Å². The van der Waals surface area contributed by atoms with Crippen LogP contribution < -0.4 is 0 Å². The molecule has 146 valence electrons. The van der Waals surface area contributed by atoms with Crippen LogP contribution in [0.1, 0.15) is 13.8 Å². The highest BCUT2D eigenvalue weighted by Crippen LogP contribution is 2.58. The number of hydrogen-bond donors (Lipinski definition) is 0. The first-order chi connectivity index (χ1) is 12.3. The van der Waals surface area contributed by atoms with Gasteiger partial charge in [0.1, 0.15) is 0 Å². The summed E-state index contributed by atoms with van der Waals surface area (Å²) in [6.07, 6.45) is 2.49. The first-order valence-electron chi connectivity index (χ1n) is 7.00. The molecular weight excluding hydrogens is 446 g/mol. The summed E-state index contributed by atoms with van der Waals surface area (Å²) in [5.74, 6) is -1.08. The maximum atomic E-state index is 13.2. The van der Waals surface area contributed by atoms with Crippen molar-refractivity contribution in [2.75, 3.05) is 20.3 Å². The van der Waals surface area contributed by atoms with Crippen molar-refractivity contribution in [1.29, 1.82) is 0 Å². The number of halogens is 2. The van der Waals surface area contributed by atoms with Crippen LogP contribution in [0.2, 0.25) is 0 Å². The van der Waals surface area contributed by atoms with Gasteiger partial charge in [-0.1, -0.05) is 47.6 Å². The second-order valence-electron chi connectivity index (χ2n) is 3.99. The summed E-state index contributed by atoms with van der Waals surface area (Å²) in [6, 6.07) is 0. The molecule has 0 amide bonds. The molecule has 0 saturated heterocycles. The summed E-state index contributed by atoms with van der Waals surface area (Å²) < 4.78 is 27.5. The van der Waals surface area contributed by atoms with Crippen molar-refractivity contribution in [3.05, 3.63) is 34.1 Å². The van der Waals surface area contributed by atoms with Crippen molar-refractivity contribution < 1.29 is 33.2 Å². The highest BCUT2D eigenvalue weighted by molar-refractivity contribution is 7.83. The Balaban J connectivity index is 6.76. The average molecular weight is 463 g/mol. The van der Waals surface area contributed by atoms with Gasteiger partial charge in [-0.05, 0) is 26.0 Å². The Hall–Kier alpha value is -0.480. The van der Waals surface area contributed by atoms with Gasteiger partial charge >= 0.3 is 13.6 Å². The van der Waals surface area contributed by atoms with Gasteiger partial charge < -0.3 is 4.74 Å². The van der Waals surface area contributed by atoms with Crippen LogP contribution in [0.5, 0.6) is 0 Å². The normalized spacial score (nSPS) is 11.7. The third kappa shape index (κ3) is 7.64. The number of rotatable bonds is 12. The minimum atomic E-state index is -4.51. The van der Waals surface area contributed by atoms with Crippen molar-refractivity contribution in [2.24, 2.45) is 0 Å². The van der Waals surface area contributed by atoms with Crippen molar-refractivity contribution in [3.8, 4) is 0 Å². The van der Waals surface area contributed by atoms with Gasteiger partial charge in [-0.25, -0.2) is 19.1 Å². The van der Waals surface area contributed by atoms with Gasteiger partial charge in [-0.2, -0.15) is 0 Å². The van der Waals surface area contributed by atoms with E-state index >= 15 is 0 Å². The highest BCUT2D eigenvalue weighted by Gasteiger charge is 2.43. The molecular formula is C14H17Cl2O7PS2. The molecule has 7 nitrogen and oxygen atoms in total. The molecule has 0 aromatic rings. The smallest absolute Gasteiger partial charge is 0.422 e. The zero-order chi connectivity index (χ0) is 20.2. The molecule has 0 rings (SSSR count). The largest absolute Gasteiger partial charge is 0.465 e. The maximum absolute atomic E-state index is 13.2. The quantitative estimate of drug-likeness (QED) is 0.101. The summed E-state index contributed by atoms with van der Waals surface area (Å²) in [6.45, 7) is 3.13. The Morgan fingerprint density at radius 2 is 1.42 bits per heavy atom. The van der Waals surface area contributed by atoms with E-state index in [0.29, 0.717) is 0 Å². The van der Waals surface area contributed by atoms with Crippen LogP contribution in [0.3, 0.4) is 0 Å². The molecule has 0 bridgehead atoms. The second-order valence-corrected chi connectivity index (χ2v) is 7.11. The van der Waals surface area contributed by atoms with Crippen LogP contribution in [0.4, 0.5) is 0 Å².